The Labute approximate surface area is 185 Å². The molecule has 0 aromatic rings. The van der Waals surface area contributed by atoms with Crippen LogP contribution in [0.25, 0.3) is 0 Å². The van der Waals surface area contributed by atoms with Crippen LogP contribution in [0.15, 0.2) is 0 Å². The van der Waals surface area contributed by atoms with Gasteiger partial charge in [0.2, 0.25) is 0 Å². The third-order valence-electron chi connectivity index (χ3n) is 4.98. The first kappa shape index (κ1) is 29.3. The van der Waals surface area contributed by atoms with Crippen LogP contribution in [0.4, 0.5) is 0 Å². The summed E-state index contributed by atoms with van der Waals surface area (Å²) in [6, 6.07) is 0. The van der Waals surface area contributed by atoms with Crippen LogP contribution < -0.4 is 0 Å². The van der Waals surface area contributed by atoms with Crippen molar-refractivity contribution in [3.8, 4) is 0 Å². The van der Waals surface area contributed by atoms with E-state index in [1.54, 1.807) is 0 Å². The highest BCUT2D eigenvalue weighted by Gasteiger charge is 1.97. The van der Waals surface area contributed by atoms with Crippen molar-refractivity contribution in [2.24, 2.45) is 0 Å². The van der Waals surface area contributed by atoms with Gasteiger partial charge in [0.05, 0.1) is 39.6 Å². The van der Waals surface area contributed by atoms with Crippen molar-refractivity contribution in [3.63, 3.8) is 0 Å². The molecule has 180 valence electrons. The SMILES string of the molecule is CCCCCCCCCCCCCCCCOCCOCCOCCOCC(=O)O. The zero-order valence-corrected chi connectivity index (χ0v) is 19.5. The summed E-state index contributed by atoms with van der Waals surface area (Å²) in [7, 11) is 0. The Balaban J connectivity index is 2.99. The Bertz CT molecular complexity index is 338. The van der Waals surface area contributed by atoms with E-state index in [1.807, 2.05) is 0 Å². The van der Waals surface area contributed by atoms with Crippen molar-refractivity contribution in [1.82, 2.24) is 0 Å². The first-order valence-electron chi connectivity index (χ1n) is 12.3. The van der Waals surface area contributed by atoms with Crippen molar-refractivity contribution >= 4 is 5.97 Å². The maximum absolute atomic E-state index is 10.2. The maximum Gasteiger partial charge on any atom is 0.329 e. The Morgan fingerprint density at radius 1 is 0.500 bits per heavy atom. The summed E-state index contributed by atoms with van der Waals surface area (Å²) < 4.78 is 21.1. The summed E-state index contributed by atoms with van der Waals surface area (Å²) in [6.07, 6.45) is 19.2. The lowest BCUT2D eigenvalue weighted by Gasteiger charge is -2.07. The van der Waals surface area contributed by atoms with E-state index >= 15 is 0 Å². The van der Waals surface area contributed by atoms with E-state index in [-0.39, 0.29) is 13.2 Å². The number of carbonyl (C=O) groups is 1. The molecule has 0 fully saturated rings. The Kier molecular flexibility index (Phi) is 25.7. The first-order valence-corrected chi connectivity index (χ1v) is 12.3. The lowest BCUT2D eigenvalue weighted by molar-refractivity contribution is -0.142. The number of hydrogen-bond acceptors (Lipinski definition) is 5. The molecule has 6 nitrogen and oxygen atoms in total. The number of ether oxygens (including phenoxy) is 4. The molecule has 0 radical (unpaired) electrons. The van der Waals surface area contributed by atoms with Gasteiger partial charge in [-0.1, -0.05) is 90.4 Å². The van der Waals surface area contributed by atoms with Gasteiger partial charge < -0.3 is 24.1 Å². The molecule has 0 spiro atoms. The number of rotatable bonds is 26. The molecule has 0 bridgehead atoms. The minimum absolute atomic E-state index is 0.281. The highest BCUT2D eigenvalue weighted by atomic mass is 16.6. The molecule has 0 rings (SSSR count). The van der Waals surface area contributed by atoms with Gasteiger partial charge in [-0.15, -0.1) is 0 Å². The van der Waals surface area contributed by atoms with Crippen molar-refractivity contribution in [1.29, 1.82) is 0 Å². The van der Waals surface area contributed by atoms with Crippen molar-refractivity contribution in [2.75, 3.05) is 52.9 Å². The molecule has 0 aromatic carbocycles. The second kappa shape index (κ2) is 26.3. The molecule has 6 heteroatoms. The number of aliphatic carboxylic acids is 1. The largest absolute Gasteiger partial charge is 0.480 e. The molecule has 1 N–H and O–H groups in total. The zero-order chi connectivity index (χ0) is 22.0. The molecule has 0 saturated heterocycles. The van der Waals surface area contributed by atoms with E-state index in [0.717, 1.165) is 13.0 Å². The van der Waals surface area contributed by atoms with Crippen LogP contribution in [-0.4, -0.2) is 63.9 Å². The molecule has 0 aliphatic rings. The lowest BCUT2D eigenvalue weighted by atomic mass is 10.0. The summed E-state index contributed by atoms with van der Waals surface area (Å²) in [6.45, 7) is 5.68. The third kappa shape index (κ3) is 27.3. The summed E-state index contributed by atoms with van der Waals surface area (Å²) in [5.41, 5.74) is 0. The molecule has 0 aliphatic heterocycles. The second-order valence-electron chi connectivity index (χ2n) is 7.88. The van der Waals surface area contributed by atoms with Gasteiger partial charge in [-0.2, -0.15) is 0 Å². The minimum Gasteiger partial charge on any atom is -0.480 e. The van der Waals surface area contributed by atoms with Crippen LogP contribution in [0.3, 0.4) is 0 Å². The maximum atomic E-state index is 10.2. The molecule has 0 atom stereocenters. The van der Waals surface area contributed by atoms with Gasteiger partial charge in [-0.3, -0.25) is 0 Å². The molecule has 30 heavy (non-hydrogen) atoms. The van der Waals surface area contributed by atoms with Crippen LogP contribution in [0.5, 0.6) is 0 Å². The van der Waals surface area contributed by atoms with Crippen LogP contribution in [0.2, 0.25) is 0 Å². The molecule has 0 heterocycles. The van der Waals surface area contributed by atoms with Crippen molar-refractivity contribution < 1.29 is 28.8 Å². The topological polar surface area (TPSA) is 74.2 Å². The van der Waals surface area contributed by atoms with Gasteiger partial charge in [-0.05, 0) is 6.42 Å². The van der Waals surface area contributed by atoms with Crippen LogP contribution in [0, 0.1) is 0 Å². The minimum atomic E-state index is -0.965. The van der Waals surface area contributed by atoms with E-state index in [0.29, 0.717) is 33.0 Å². The number of unbranched alkanes of at least 4 members (excludes halogenated alkanes) is 13. The number of carboxylic acids is 1. The summed E-state index contributed by atoms with van der Waals surface area (Å²) in [5.74, 6) is -0.965. The van der Waals surface area contributed by atoms with Crippen LogP contribution >= 0.6 is 0 Å². The van der Waals surface area contributed by atoms with E-state index in [2.05, 4.69) is 6.92 Å². The zero-order valence-electron chi connectivity index (χ0n) is 19.5. The highest BCUT2D eigenvalue weighted by Crippen LogP contribution is 2.12. The predicted octanol–water partition coefficient (Wildman–Crippen LogP) is 5.62. The van der Waals surface area contributed by atoms with Crippen LogP contribution in [0.1, 0.15) is 96.8 Å². The fourth-order valence-electron chi connectivity index (χ4n) is 3.22. The average Bonchev–Trinajstić information content (AvgIpc) is 2.73. The quantitative estimate of drug-likeness (QED) is 0.179. The average molecular weight is 433 g/mol. The van der Waals surface area contributed by atoms with E-state index < -0.39 is 5.97 Å². The highest BCUT2D eigenvalue weighted by molar-refractivity contribution is 5.67. The molecule has 0 aromatic heterocycles. The fourth-order valence-corrected chi connectivity index (χ4v) is 3.22. The normalized spacial score (nSPS) is 11.2. The van der Waals surface area contributed by atoms with Crippen LogP contribution in [-0.2, 0) is 23.7 Å². The second-order valence-corrected chi connectivity index (χ2v) is 7.88. The van der Waals surface area contributed by atoms with Gasteiger partial charge in [-0.25, -0.2) is 4.79 Å². The Morgan fingerprint density at radius 3 is 1.23 bits per heavy atom. The summed E-state index contributed by atoms with van der Waals surface area (Å²) in [5, 5.41) is 8.40. The molecule has 0 saturated carbocycles. The standard InChI is InChI=1S/C24H48O6/c1-2-3-4-5-6-7-8-9-10-11-12-13-14-15-16-27-17-18-28-19-20-29-21-22-30-23-24(25)26/h2-23H2,1H3,(H,25,26). The van der Waals surface area contributed by atoms with Gasteiger partial charge in [0.15, 0.2) is 0 Å². The lowest BCUT2D eigenvalue weighted by Crippen LogP contribution is -2.14. The van der Waals surface area contributed by atoms with Crippen molar-refractivity contribution in [3.05, 3.63) is 0 Å². The van der Waals surface area contributed by atoms with E-state index in [1.165, 1.54) is 83.5 Å². The predicted molar refractivity (Wildman–Crippen MR) is 121 cm³/mol. The summed E-state index contributed by atoms with van der Waals surface area (Å²) in [4.78, 5) is 10.2. The van der Waals surface area contributed by atoms with Gasteiger partial charge >= 0.3 is 5.97 Å². The third-order valence-corrected chi connectivity index (χ3v) is 4.98. The smallest absolute Gasteiger partial charge is 0.329 e. The molecular weight excluding hydrogens is 384 g/mol. The fraction of sp³-hybridized carbons (Fsp3) is 0.958. The Morgan fingerprint density at radius 2 is 0.833 bits per heavy atom. The van der Waals surface area contributed by atoms with E-state index in [4.69, 9.17) is 24.1 Å². The Hall–Kier alpha value is -0.690. The molecule has 0 unspecified atom stereocenters. The summed E-state index contributed by atoms with van der Waals surface area (Å²) >= 11 is 0. The monoisotopic (exact) mass is 432 g/mol. The van der Waals surface area contributed by atoms with Crippen molar-refractivity contribution in [2.45, 2.75) is 96.8 Å². The molecule has 0 amide bonds. The number of carboxylic acid groups (broad SMARTS) is 1. The van der Waals surface area contributed by atoms with Gasteiger partial charge in [0, 0.05) is 6.61 Å². The molecular formula is C24H48O6. The van der Waals surface area contributed by atoms with Gasteiger partial charge in [0.1, 0.15) is 6.61 Å². The first-order chi connectivity index (χ1) is 14.8. The van der Waals surface area contributed by atoms with Gasteiger partial charge in [0.25, 0.3) is 0 Å². The number of hydrogen-bond donors (Lipinski definition) is 1. The molecule has 0 aliphatic carbocycles. The van der Waals surface area contributed by atoms with E-state index in [9.17, 15) is 4.79 Å².